The lowest BCUT2D eigenvalue weighted by Gasteiger charge is -2.57. The van der Waals surface area contributed by atoms with Crippen LogP contribution in [0.15, 0.2) is 9.95 Å². The summed E-state index contributed by atoms with van der Waals surface area (Å²) in [5, 5.41) is 10.3. The molecule has 5 rings (SSSR count). The van der Waals surface area contributed by atoms with E-state index >= 15 is 0 Å². The van der Waals surface area contributed by atoms with E-state index in [9.17, 15) is 9.59 Å². The van der Waals surface area contributed by atoms with E-state index in [4.69, 9.17) is 4.74 Å². The predicted molar refractivity (Wildman–Crippen MR) is 104 cm³/mol. The third-order valence-electron chi connectivity index (χ3n) is 6.53. The molecule has 4 saturated carbocycles. The Hall–Kier alpha value is -1.28. The highest BCUT2D eigenvalue weighted by Crippen LogP contribution is 2.55. The maximum absolute atomic E-state index is 12.9. The molecule has 27 heavy (non-hydrogen) atoms. The molecule has 1 heterocycles. The number of amides is 1. The Morgan fingerprint density at radius 2 is 1.96 bits per heavy atom. The normalized spacial score (nSPS) is 32.6. The van der Waals surface area contributed by atoms with Crippen LogP contribution >= 0.6 is 11.8 Å². The van der Waals surface area contributed by atoms with Crippen LogP contribution in [0.5, 0.6) is 0 Å². The first-order valence-corrected chi connectivity index (χ1v) is 11.0. The Morgan fingerprint density at radius 1 is 1.33 bits per heavy atom. The van der Waals surface area contributed by atoms with E-state index in [1.165, 1.54) is 31.0 Å². The largest absolute Gasteiger partial charge is 0.385 e. The molecule has 150 valence electrons. The summed E-state index contributed by atoms with van der Waals surface area (Å²) in [7, 11) is 1.64. The summed E-state index contributed by atoms with van der Waals surface area (Å²) in [4.78, 5) is 24.9. The van der Waals surface area contributed by atoms with Crippen LogP contribution in [0, 0.1) is 17.8 Å². The quantitative estimate of drug-likeness (QED) is 0.521. The molecule has 4 aliphatic carbocycles. The number of thioether (sulfide) groups is 1. The zero-order chi connectivity index (χ0) is 19.0. The van der Waals surface area contributed by atoms with Crippen molar-refractivity contribution >= 4 is 17.7 Å². The van der Waals surface area contributed by atoms with E-state index in [2.05, 4.69) is 15.5 Å². The molecule has 8 heteroatoms. The molecule has 4 bridgehead atoms. The second-order valence-electron chi connectivity index (χ2n) is 8.76. The number of ether oxygens (including phenoxy) is 1. The summed E-state index contributed by atoms with van der Waals surface area (Å²) in [6, 6.07) is 0. The van der Waals surface area contributed by atoms with Gasteiger partial charge in [-0.2, -0.15) is 0 Å². The molecule has 0 spiro atoms. The van der Waals surface area contributed by atoms with Gasteiger partial charge in [-0.05, 0) is 69.6 Å². The number of carbonyl (C=O) groups excluding carboxylic acids is 1. The van der Waals surface area contributed by atoms with Gasteiger partial charge in [0.1, 0.15) is 0 Å². The highest BCUT2D eigenvalue weighted by molar-refractivity contribution is 8.00. The molecule has 0 saturated heterocycles. The first-order valence-electron chi connectivity index (χ1n) is 10.1. The minimum Gasteiger partial charge on any atom is -0.385 e. The summed E-state index contributed by atoms with van der Waals surface area (Å²) in [5.41, 5.74) is -0.216. The Morgan fingerprint density at radius 3 is 2.56 bits per heavy atom. The zero-order valence-electron chi connectivity index (χ0n) is 16.2. The lowest BCUT2D eigenvalue weighted by molar-refractivity contribution is -0.126. The smallest absolute Gasteiger partial charge is 0.343 e. The fraction of sp³-hybridized carbons (Fsp3) is 0.842. The molecule has 0 aromatic carbocycles. The molecule has 4 fully saturated rings. The Kier molecular flexibility index (Phi) is 5.38. The summed E-state index contributed by atoms with van der Waals surface area (Å²) >= 11 is 1.35. The van der Waals surface area contributed by atoms with Gasteiger partial charge in [-0.3, -0.25) is 9.36 Å². The summed E-state index contributed by atoms with van der Waals surface area (Å²) < 4.78 is 6.65. The summed E-state index contributed by atoms with van der Waals surface area (Å²) in [6.45, 7) is 3.03. The highest BCUT2D eigenvalue weighted by Gasteiger charge is 2.51. The Balaban J connectivity index is 1.38. The molecule has 4 aliphatic rings. The fourth-order valence-electron chi connectivity index (χ4n) is 5.80. The maximum atomic E-state index is 12.9. The minimum absolute atomic E-state index is 0.0182. The van der Waals surface area contributed by atoms with Crippen LogP contribution in [0.25, 0.3) is 0 Å². The van der Waals surface area contributed by atoms with Crippen molar-refractivity contribution in [2.24, 2.45) is 17.8 Å². The van der Waals surface area contributed by atoms with Gasteiger partial charge in [0.2, 0.25) is 5.91 Å². The van der Waals surface area contributed by atoms with Crippen LogP contribution in [0.2, 0.25) is 0 Å². The average Bonchev–Trinajstić information content (AvgIpc) is 2.93. The molecule has 0 aliphatic heterocycles. The Labute approximate surface area is 164 Å². The van der Waals surface area contributed by atoms with Crippen LogP contribution in [0.4, 0.5) is 0 Å². The molecule has 1 unspecified atom stereocenters. The number of carbonyl (C=O) groups is 1. The standard InChI is InChI=1S/C19H30N4O3S/c1-12(27-18-22-21-17(25)23(18)4-3-5-26-2)16(24)20-19-9-13-6-14(10-19)8-15(7-13)11-19/h12-15H,3-11H2,1-2H3,(H,20,24)(H,21,25). The molecule has 2 N–H and O–H groups in total. The van der Waals surface area contributed by atoms with Crippen LogP contribution in [-0.4, -0.2) is 45.2 Å². The van der Waals surface area contributed by atoms with Crippen molar-refractivity contribution < 1.29 is 9.53 Å². The van der Waals surface area contributed by atoms with E-state index in [1.54, 1.807) is 11.7 Å². The third kappa shape index (κ3) is 3.97. The lowest BCUT2D eigenvalue weighted by Crippen LogP contribution is -2.60. The van der Waals surface area contributed by atoms with E-state index in [0.717, 1.165) is 43.4 Å². The topological polar surface area (TPSA) is 89.0 Å². The van der Waals surface area contributed by atoms with Crippen LogP contribution in [0.1, 0.15) is 51.9 Å². The fourth-order valence-corrected chi connectivity index (χ4v) is 6.68. The van der Waals surface area contributed by atoms with E-state index in [1.807, 2.05) is 6.92 Å². The second-order valence-corrected chi connectivity index (χ2v) is 10.1. The lowest BCUT2D eigenvalue weighted by atomic mass is 9.53. The second kappa shape index (κ2) is 7.62. The number of aromatic amines is 1. The van der Waals surface area contributed by atoms with Crippen molar-refractivity contribution in [3.05, 3.63) is 10.5 Å². The maximum Gasteiger partial charge on any atom is 0.343 e. The van der Waals surface area contributed by atoms with Crippen molar-refractivity contribution in [1.29, 1.82) is 0 Å². The van der Waals surface area contributed by atoms with Gasteiger partial charge in [0.05, 0.1) is 5.25 Å². The van der Waals surface area contributed by atoms with Crippen molar-refractivity contribution in [2.45, 2.75) is 74.4 Å². The molecular formula is C19H30N4O3S. The molecular weight excluding hydrogens is 364 g/mol. The van der Waals surface area contributed by atoms with Gasteiger partial charge in [-0.15, -0.1) is 5.10 Å². The van der Waals surface area contributed by atoms with E-state index in [-0.39, 0.29) is 22.4 Å². The van der Waals surface area contributed by atoms with Crippen molar-refractivity contribution in [2.75, 3.05) is 13.7 Å². The van der Waals surface area contributed by atoms with Crippen LogP contribution in [0.3, 0.4) is 0 Å². The van der Waals surface area contributed by atoms with Crippen molar-refractivity contribution in [3.63, 3.8) is 0 Å². The number of nitrogens with one attached hydrogen (secondary N) is 2. The molecule has 1 aromatic heterocycles. The summed E-state index contributed by atoms with van der Waals surface area (Å²) in [6.07, 6.45) is 8.25. The monoisotopic (exact) mass is 394 g/mol. The number of rotatable bonds is 8. The number of hydrogen-bond donors (Lipinski definition) is 2. The number of H-pyrrole nitrogens is 1. The van der Waals surface area contributed by atoms with E-state index in [0.29, 0.717) is 18.3 Å². The van der Waals surface area contributed by atoms with Crippen molar-refractivity contribution in [3.8, 4) is 0 Å². The number of nitrogens with zero attached hydrogens (tertiary/aromatic N) is 2. The third-order valence-corrected chi connectivity index (χ3v) is 7.62. The van der Waals surface area contributed by atoms with Gasteiger partial charge in [-0.25, -0.2) is 9.89 Å². The predicted octanol–water partition coefficient (Wildman–Crippen LogP) is 2.17. The first-order chi connectivity index (χ1) is 13.0. The molecule has 1 atom stereocenters. The van der Waals surface area contributed by atoms with Gasteiger partial charge in [0.25, 0.3) is 0 Å². The van der Waals surface area contributed by atoms with Gasteiger partial charge >= 0.3 is 5.69 Å². The van der Waals surface area contributed by atoms with Gasteiger partial charge in [0, 0.05) is 25.8 Å². The molecule has 1 amide bonds. The zero-order valence-corrected chi connectivity index (χ0v) is 17.0. The SMILES string of the molecule is COCCCn1c(SC(C)C(=O)NC23CC4CC(CC(C4)C2)C3)n[nH]c1=O. The minimum atomic E-state index is -0.283. The number of aromatic nitrogens is 3. The van der Waals surface area contributed by atoms with Crippen molar-refractivity contribution in [1.82, 2.24) is 20.1 Å². The molecule has 7 nitrogen and oxygen atoms in total. The van der Waals surface area contributed by atoms with Gasteiger partial charge < -0.3 is 10.1 Å². The molecule has 0 radical (unpaired) electrons. The van der Waals surface area contributed by atoms with Gasteiger partial charge in [-0.1, -0.05) is 11.8 Å². The number of methoxy groups -OCH3 is 1. The van der Waals surface area contributed by atoms with Gasteiger partial charge in [0.15, 0.2) is 5.16 Å². The number of hydrogen-bond acceptors (Lipinski definition) is 5. The highest BCUT2D eigenvalue weighted by atomic mass is 32.2. The molecule has 1 aromatic rings. The van der Waals surface area contributed by atoms with Crippen LogP contribution < -0.4 is 11.0 Å². The first kappa shape index (κ1) is 19.1. The average molecular weight is 395 g/mol. The Bertz CT molecular complexity index is 708. The van der Waals surface area contributed by atoms with E-state index < -0.39 is 0 Å². The van der Waals surface area contributed by atoms with Crippen LogP contribution in [-0.2, 0) is 16.1 Å². The summed E-state index contributed by atoms with van der Waals surface area (Å²) in [5.74, 6) is 2.48.